The Labute approximate surface area is 179 Å². The highest BCUT2D eigenvalue weighted by Crippen LogP contribution is 2.34. The van der Waals surface area contributed by atoms with Crippen LogP contribution in [0.2, 0.25) is 20.1 Å². The van der Waals surface area contributed by atoms with Crippen molar-refractivity contribution in [2.45, 2.75) is 20.1 Å². The fraction of sp³-hybridized carbons (Fsp3) is 0.143. The Bertz CT molecular complexity index is 942. The molecule has 3 aromatic rings. The van der Waals surface area contributed by atoms with Gasteiger partial charge in [0.05, 0.1) is 15.7 Å². The molecule has 1 N–H and O–H groups in total. The number of aryl methyl sites for hydroxylation is 1. The molecule has 0 bridgehead atoms. The fourth-order valence-electron chi connectivity index (χ4n) is 2.57. The first-order valence-corrected chi connectivity index (χ1v) is 9.79. The van der Waals surface area contributed by atoms with E-state index in [1.54, 1.807) is 24.3 Å². The normalized spacial score (nSPS) is 10.7. The van der Waals surface area contributed by atoms with Crippen LogP contribution in [0.4, 0.5) is 5.69 Å². The lowest BCUT2D eigenvalue weighted by atomic mass is 10.1. The number of benzene rings is 3. The lowest BCUT2D eigenvalue weighted by Crippen LogP contribution is -2.05. The molecule has 0 heterocycles. The number of hydrogen-bond donors (Lipinski definition) is 1. The van der Waals surface area contributed by atoms with Crippen LogP contribution in [0.15, 0.2) is 54.6 Å². The molecule has 0 aliphatic heterocycles. The fourth-order valence-corrected chi connectivity index (χ4v) is 3.52. The van der Waals surface area contributed by atoms with Crippen molar-refractivity contribution in [1.29, 1.82) is 0 Å². The van der Waals surface area contributed by atoms with Gasteiger partial charge in [0.2, 0.25) is 0 Å². The van der Waals surface area contributed by atoms with Crippen molar-refractivity contribution >= 4 is 52.1 Å². The van der Waals surface area contributed by atoms with Crippen LogP contribution in [0, 0.1) is 6.92 Å². The summed E-state index contributed by atoms with van der Waals surface area (Å²) in [5.74, 6) is 0.590. The number of nitrogens with one attached hydrogen (secondary N) is 1. The highest BCUT2D eigenvalue weighted by molar-refractivity contribution is 6.36. The predicted molar refractivity (Wildman–Crippen MR) is 116 cm³/mol. The smallest absolute Gasteiger partial charge is 0.143 e. The quantitative estimate of drug-likeness (QED) is 0.422. The Balaban J connectivity index is 1.79. The maximum atomic E-state index is 6.38. The highest BCUT2D eigenvalue weighted by Gasteiger charge is 2.12. The molecule has 0 saturated heterocycles. The van der Waals surface area contributed by atoms with Gasteiger partial charge in [-0.15, -0.1) is 0 Å². The van der Waals surface area contributed by atoms with E-state index in [1.165, 1.54) is 5.56 Å². The third kappa shape index (κ3) is 5.46. The maximum absolute atomic E-state index is 6.38. The van der Waals surface area contributed by atoms with Crippen molar-refractivity contribution in [3.05, 3.63) is 91.4 Å². The summed E-state index contributed by atoms with van der Waals surface area (Å²) in [7, 11) is 0. The average molecular weight is 441 g/mol. The summed E-state index contributed by atoms with van der Waals surface area (Å²) < 4.78 is 6.00. The van der Waals surface area contributed by atoms with Crippen LogP contribution in [0.5, 0.6) is 5.75 Å². The van der Waals surface area contributed by atoms with Crippen molar-refractivity contribution in [3.63, 3.8) is 0 Å². The van der Waals surface area contributed by atoms with Gasteiger partial charge in [-0.2, -0.15) is 0 Å². The second-order valence-corrected chi connectivity index (χ2v) is 7.82. The van der Waals surface area contributed by atoms with E-state index >= 15 is 0 Å². The molecule has 140 valence electrons. The van der Waals surface area contributed by atoms with Crippen molar-refractivity contribution in [1.82, 2.24) is 0 Å². The van der Waals surface area contributed by atoms with Crippen LogP contribution in [0.25, 0.3) is 0 Å². The molecule has 0 aromatic heterocycles. The molecule has 2 nitrogen and oxygen atoms in total. The molecule has 0 fully saturated rings. The molecule has 0 spiro atoms. The standard InChI is InChI=1S/C21H17Cl4NO/c1-13-2-4-14(5-3-13)12-27-21-15(8-17(23)9-19(21)25)11-26-20-10-16(22)6-7-18(20)24/h2-10,26H,11-12H2,1H3. The molecule has 0 aliphatic rings. The molecule has 3 aromatic carbocycles. The highest BCUT2D eigenvalue weighted by atomic mass is 35.5. The Morgan fingerprint density at radius 2 is 1.56 bits per heavy atom. The number of anilines is 1. The van der Waals surface area contributed by atoms with Crippen LogP contribution < -0.4 is 10.1 Å². The van der Waals surface area contributed by atoms with Gasteiger partial charge in [-0.1, -0.05) is 76.2 Å². The molecular formula is C21H17Cl4NO. The Hall–Kier alpha value is -1.58. The number of halogens is 4. The van der Waals surface area contributed by atoms with Crippen LogP contribution >= 0.6 is 46.4 Å². The van der Waals surface area contributed by atoms with Crippen LogP contribution in [-0.2, 0) is 13.2 Å². The van der Waals surface area contributed by atoms with Gasteiger partial charge < -0.3 is 10.1 Å². The zero-order valence-corrected chi connectivity index (χ0v) is 17.6. The Kier molecular flexibility index (Phi) is 6.78. The second-order valence-electron chi connectivity index (χ2n) is 6.13. The van der Waals surface area contributed by atoms with Gasteiger partial charge in [0.15, 0.2) is 0 Å². The second kappa shape index (κ2) is 9.07. The van der Waals surface area contributed by atoms with Crippen molar-refractivity contribution in [2.24, 2.45) is 0 Å². The number of ether oxygens (including phenoxy) is 1. The summed E-state index contributed by atoms with van der Waals surface area (Å²) in [6.07, 6.45) is 0. The van der Waals surface area contributed by atoms with Gasteiger partial charge in [-0.3, -0.25) is 0 Å². The third-order valence-corrected chi connectivity index (χ3v) is 5.05. The molecule has 0 amide bonds. The summed E-state index contributed by atoms with van der Waals surface area (Å²) in [5, 5.41) is 5.43. The molecule has 0 aliphatic carbocycles. The molecule has 0 radical (unpaired) electrons. The summed E-state index contributed by atoms with van der Waals surface area (Å²) in [6, 6.07) is 16.9. The minimum Gasteiger partial charge on any atom is -0.487 e. The topological polar surface area (TPSA) is 21.3 Å². The number of hydrogen-bond acceptors (Lipinski definition) is 2. The van der Waals surface area contributed by atoms with E-state index < -0.39 is 0 Å². The summed E-state index contributed by atoms with van der Waals surface area (Å²) >= 11 is 24.8. The SMILES string of the molecule is Cc1ccc(COc2c(Cl)cc(Cl)cc2CNc2cc(Cl)ccc2Cl)cc1. The number of rotatable bonds is 6. The third-order valence-electron chi connectivity index (χ3n) is 3.99. The van der Waals surface area contributed by atoms with E-state index in [2.05, 4.69) is 5.32 Å². The molecule has 27 heavy (non-hydrogen) atoms. The van der Waals surface area contributed by atoms with Gasteiger partial charge in [-0.05, 0) is 42.8 Å². The van der Waals surface area contributed by atoms with E-state index in [0.29, 0.717) is 39.0 Å². The first-order chi connectivity index (χ1) is 12.9. The van der Waals surface area contributed by atoms with Gasteiger partial charge in [0, 0.05) is 22.2 Å². The molecule has 0 unspecified atom stereocenters. The van der Waals surface area contributed by atoms with E-state index in [9.17, 15) is 0 Å². The first-order valence-electron chi connectivity index (χ1n) is 8.27. The molecular weight excluding hydrogens is 424 g/mol. The Morgan fingerprint density at radius 1 is 0.815 bits per heavy atom. The van der Waals surface area contributed by atoms with E-state index in [0.717, 1.165) is 16.8 Å². The first kappa shape index (κ1) is 20.2. The zero-order chi connectivity index (χ0) is 19.4. The van der Waals surface area contributed by atoms with Crippen LogP contribution in [0.3, 0.4) is 0 Å². The van der Waals surface area contributed by atoms with Crippen molar-refractivity contribution < 1.29 is 4.74 Å². The predicted octanol–water partition coefficient (Wildman–Crippen LogP) is 7.80. The lowest BCUT2D eigenvalue weighted by Gasteiger charge is -2.16. The monoisotopic (exact) mass is 439 g/mol. The lowest BCUT2D eigenvalue weighted by molar-refractivity contribution is 0.303. The van der Waals surface area contributed by atoms with Crippen LogP contribution in [0.1, 0.15) is 16.7 Å². The molecule has 3 rings (SSSR count). The summed E-state index contributed by atoms with van der Waals surface area (Å²) in [6.45, 7) is 2.89. The average Bonchev–Trinajstić information content (AvgIpc) is 2.63. The largest absolute Gasteiger partial charge is 0.487 e. The zero-order valence-electron chi connectivity index (χ0n) is 14.5. The van der Waals surface area contributed by atoms with Crippen molar-refractivity contribution in [2.75, 3.05) is 5.32 Å². The van der Waals surface area contributed by atoms with Gasteiger partial charge in [0.1, 0.15) is 12.4 Å². The van der Waals surface area contributed by atoms with Crippen molar-refractivity contribution in [3.8, 4) is 5.75 Å². The van der Waals surface area contributed by atoms with Gasteiger partial charge >= 0.3 is 0 Å². The van der Waals surface area contributed by atoms with E-state index in [4.69, 9.17) is 51.1 Å². The molecule has 0 saturated carbocycles. The van der Waals surface area contributed by atoms with E-state index in [1.807, 2.05) is 37.3 Å². The summed E-state index contributed by atoms with van der Waals surface area (Å²) in [4.78, 5) is 0. The molecule has 0 atom stereocenters. The minimum atomic E-state index is 0.409. The minimum absolute atomic E-state index is 0.409. The molecule has 6 heteroatoms. The van der Waals surface area contributed by atoms with E-state index in [-0.39, 0.29) is 0 Å². The van der Waals surface area contributed by atoms with Crippen LogP contribution in [-0.4, -0.2) is 0 Å². The summed E-state index contributed by atoms with van der Waals surface area (Å²) in [5.41, 5.74) is 3.82. The van der Waals surface area contributed by atoms with Gasteiger partial charge in [0.25, 0.3) is 0 Å². The Morgan fingerprint density at radius 3 is 2.30 bits per heavy atom. The van der Waals surface area contributed by atoms with Gasteiger partial charge in [-0.25, -0.2) is 0 Å². The maximum Gasteiger partial charge on any atom is 0.143 e.